The van der Waals surface area contributed by atoms with Crippen LogP contribution in [0.3, 0.4) is 0 Å². The van der Waals surface area contributed by atoms with Gasteiger partial charge >= 0.3 is 0 Å². The number of hydrogen-bond donors (Lipinski definition) is 0. The highest BCUT2D eigenvalue weighted by Gasteiger charge is 2.46. The molecule has 1 saturated heterocycles. The molecule has 2 aliphatic rings. The van der Waals surface area contributed by atoms with E-state index in [2.05, 4.69) is 19.6 Å². The number of ether oxygens (including phenoxy) is 2. The molecule has 0 bridgehead atoms. The summed E-state index contributed by atoms with van der Waals surface area (Å²) in [6.45, 7) is 7.29. The van der Waals surface area contributed by atoms with E-state index < -0.39 is 5.41 Å². The first-order valence-corrected chi connectivity index (χ1v) is 7.93. The second-order valence-electron chi connectivity index (χ2n) is 6.18. The molecule has 0 spiro atoms. The molecule has 4 nitrogen and oxygen atoms in total. The van der Waals surface area contributed by atoms with Crippen molar-refractivity contribution in [3.05, 3.63) is 36.1 Å². The lowest BCUT2D eigenvalue weighted by Crippen LogP contribution is -2.48. The van der Waals surface area contributed by atoms with Gasteiger partial charge in [-0.3, -0.25) is 4.79 Å². The zero-order valence-electron chi connectivity index (χ0n) is 13.9. The molecule has 2 atom stereocenters. The maximum Gasteiger partial charge on any atom is 0.240 e. The van der Waals surface area contributed by atoms with Gasteiger partial charge < -0.3 is 14.4 Å². The molecule has 0 aromatic carbocycles. The van der Waals surface area contributed by atoms with Crippen LogP contribution in [0.5, 0.6) is 0 Å². The molecule has 1 unspecified atom stereocenters. The summed E-state index contributed by atoms with van der Waals surface area (Å²) in [5.41, 5.74) is 0.452. The van der Waals surface area contributed by atoms with Crippen molar-refractivity contribution in [1.29, 1.82) is 0 Å². The monoisotopic (exact) mass is 305 g/mol. The zero-order valence-corrected chi connectivity index (χ0v) is 13.9. The predicted molar refractivity (Wildman–Crippen MR) is 87.3 cm³/mol. The molecule has 0 saturated carbocycles. The lowest BCUT2D eigenvalue weighted by molar-refractivity contribution is -0.141. The molecule has 4 heteroatoms. The van der Waals surface area contributed by atoms with Gasteiger partial charge in [0.1, 0.15) is 11.2 Å². The summed E-state index contributed by atoms with van der Waals surface area (Å²) in [6, 6.07) is 0.160. The molecule has 0 radical (unpaired) electrons. The van der Waals surface area contributed by atoms with Crippen LogP contribution in [-0.2, 0) is 14.3 Å². The Labute approximate surface area is 133 Å². The minimum absolute atomic E-state index is 0.110. The number of carbonyl (C=O) groups is 1. The van der Waals surface area contributed by atoms with Crippen molar-refractivity contribution in [3.8, 4) is 0 Å². The van der Waals surface area contributed by atoms with Crippen molar-refractivity contribution >= 4 is 5.91 Å². The van der Waals surface area contributed by atoms with Gasteiger partial charge in [-0.25, -0.2) is 0 Å². The quantitative estimate of drug-likeness (QED) is 0.708. The van der Waals surface area contributed by atoms with Crippen LogP contribution in [0.15, 0.2) is 36.1 Å². The fourth-order valence-corrected chi connectivity index (χ4v) is 3.62. The van der Waals surface area contributed by atoms with E-state index in [4.69, 9.17) is 9.47 Å². The van der Waals surface area contributed by atoms with Gasteiger partial charge in [0.15, 0.2) is 0 Å². The highest BCUT2D eigenvalue weighted by atomic mass is 16.5. The standard InChI is InChI=1S/C18H27NO3/c1-5-10-18(12-14(2)8-9-16(18)22-4)17(20)19-11-6-7-15(19)13-21-3/h5,9,12,15H,1,6-8,10-11,13H2,2-4H3/t15-,18?/m0/s1. The Bertz CT molecular complexity index is 495. The summed E-state index contributed by atoms with van der Waals surface area (Å²) >= 11 is 0. The molecule has 0 aromatic rings. The van der Waals surface area contributed by atoms with E-state index >= 15 is 0 Å². The normalized spacial score (nSPS) is 28.1. The molecule has 1 aliphatic heterocycles. The number of hydrogen-bond acceptors (Lipinski definition) is 3. The fourth-order valence-electron chi connectivity index (χ4n) is 3.62. The maximum atomic E-state index is 13.4. The van der Waals surface area contributed by atoms with Crippen molar-refractivity contribution in [2.45, 2.75) is 38.6 Å². The fraction of sp³-hybridized carbons (Fsp3) is 0.611. The topological polar surface area (TPSA) is 38.8 Å². The Morgan fingerprint density at radius 2 is 2.32 bits per heavy atom. The van der Waals surface area contributed by atoms with E-state index in [0.717, 1.165) is 31.6 Å². The average molecular weight is 305 g/mol. The smallest absolute Gasteiger partial charge is 0.240 e. The average Bonchev–Trinajstić information content (AvgIpc) is 2.95. The van der Waals surface area contributed by atoms with E-state index in [1.165, 1.54) is 5.57 Å². The number of carbonyl (C=O) groups excluding carboxylic acids is 1. The second kappa shape index (κ2) is 7.14. The zero-order chi connectivity index (χ0) is 16.2. The maximum absolute atomic E-state index is 13.4. The first kappa shape index (κ1) is 16.8. The first-order valence-electron chi connectivity index (χ1n) is 7.93. The minimum Gasteiger partial charge on any atom is -0.500 e. The van der Waals surface area contributed by atoms with Gasteiger partial charge in [0.05, 0.1) is 19.8 Å². The molecular weight excluding hydrogens is 278 g/mol. The molecule has 0 aromatic heterocycles. The predicted octanol–water partition coefficient (Wildman–Crippen LogP) is 3.07. The molecule has 1 heterocycles. The Balaban J connectivity index is 2.37. The van der Waals surface area contributed by atoms with E-state index in [1.54, 1.807) is 20.3 Å². The lowest BCUT2D eigenvalue weighted by Gasteiger charge is -2.38. The Morgan fingerprint density at radius 3 is 2.95 bits per heavy atom. The van der Waals surface area contributed by atoms with Crippen LogP contribution in [-0.4, -0.2) is 44.2 Å². The third-order valence-electron chi connectivity index (χ3n) is 4.61. The Kier molecular flexibility index (Phi) is 5.46. The molecule has 122 valence electrons. The van der Waals surface area contributed by atoms with Gasteiger partial charge in [-0.2, -0.15) is 0 Å². The van der Waals surface area contributed by atoms with E-state index in [1.807, 2.05) is 11.0 Å². The van der Waals surface area contributed by atoms with Crippen molar-refractivity contribution in [1.82, 2.24) is 4.90 Å². The van der Waals surface area contributed by atoms with Gasteiger partial charge in [-0.1, -0.05) is 17.7 Å². The minimum atomic E-state index is -0.741. The summed E-state index contributed by atoms with van der Waals surface area (Å²) < 4.78 is 10.9. The van der Waals surface area contributed by atoms with Crippen LogP contribution in [0.4, 0.5) is 0 Å². The highest BCUT2D eigenvalue weighted by molar-refractivity contribution is 5.89. The molecule has 0 N–H and O–H groups in total. The van der Waals surface area contributed by atoms with Crippen LogP contribution in [0.1, 0.15) is 32.6 Å². The van der Waals surface area contributed by atoms with Crippen LogP contribution in [0, 0.1) is 5.41 Å². The Morgan fingerprint density at radius 1 is 1.55 bits per heavy atom. The van der Waals surface area contributed by atoms with Gasteiger partial charge in [0, 0.05) is 13.7 Å². The number of likely N-dealkylation sites (tertiary alicyclic amines) is 1. The largest absolute Gasteiger partial charge is 0.500 e. The summed E-state index contributed by atoms with van der Waals surface area (Å²) in [5, 5.41) is 0. The van der Waals surface area contributed by atoms with Gasteiger partial charge in [0.25, 0.3) is 0 Å². The number of nitrogens with zero attached hydrogens (tertiary/aromatic N) is 1. The summed E-state index contributed by atoms with van der Waals surface area (Å²) in [5.74, 6) is 0.852. The SMILES string of the molecule is C=CCC1(C(=O)N2CCC[C@H]2COC)C=C(C)CC=C1OC. The molecule has 22 heavy (non-hydrogen) atoms. The summed E-state index contributed by atoms with van der Waals surface area (Å²) in [7, 11) is 3.33. The van der Waals surface area contributed by atoms with E-state index in [9.17, 15) is 4.79 Å². The van der Waals surface area contributed by atoms with Gasteiger partial charge in [-0.05, 0) is 38.7 Å². The molecule has 1 aliphatic carbocycles. The number of rotatable bonds is 6. The highest BCUT2D eigenvalue weighted by Crippen LogP contribution is 2.42. The van der Waals surface area contributed by atoms with Crippen molar-refractivity contribution < 1.29 is 14.3 Å². The van der Waals surface area contributed by atoms with Crippen molar-refractivity contribution in [3.63, 3.8) is 0 Å². The van der Waals surface area contributed by atoms with Gasteiger partial charge in [0.2, 0.25) is 5.91 Å². The molecule has 1 fully saturated rings. The van der Waals surface area contributed by atoms with Crippen LogP contribution >= 0.6 is 0 Å². The number of allylic oxidation sites excluding steroid dienone is 3. The van der Waals surface area contributed by atoms with Crippen LogP contribution < -0.4 is 0 Å². The second-order valence-corrected chi connectivity index (χ2v) is 6.18. The van der Waals surface area contributed by atoms with Gasteiger partial charge in [-0.15, -0.1) is 6.58 Å². The summed E-state index contributed by atoms with van der Waals surface area (Å²) in [4.78, 5) is 15.3. The van der Waals surface area contributed by atoms with Crippen molar-refractivity contribution in [2.75, 3.05) is 27.4 Å². The molecule has 2 rings (SSSR count). The number of methoxy groups -OCH3 is 2. The third kappa shape index (κ3) is 2.98. The summed E-state index contributed by atoms with van der Waals surface area (Å²) in [6.07, 6.45) is 9.31. The van der Waals surface area contributed by atoms with Crippen molar-refractivity contribution in [2.24, 2.45) is 5.41 Å². The van der Waals surface area contributed by atoms with Crippen LogP contribution in [0.25, 0.3) is 0 Å². The molecule has 1 amide bonds. The van der Waals surface area contributed by atoms with E-state index in [0.29, 0.717) is 13.0 Å². The van der Waals surface area contributed by atoms with E-state index in [-0.39, 0.29) is 11.9 Å². The molecular formula is C18H27NO3. The Hall–Kier alpha value is -1.55. The third-order valence-corrected chi connectivity index (χ3v) is 4.61. The lowest BCUT2D eigenvalue weighted by atomic mass is 9.75. The number of amides is 1. The van der Waals surface area contributed by atoms with Crippen LogP contribution in [0.2, 0.25) is 0 Å². The first-order chi connectivity index (χ1) is 10.6.